The van der Waals surface area contributed by atoms with Crippen LogP contribution in [0, 0.1) is 12.8 Å². The van der Waals surface area contributed by atoms with E-state index in [2.05, 4.69) is 19.2 Å². The number of para-hydroxylation sites is 1. The summed E-state index contributed by atoms with van der Waals surface area (Å²) in [7, 11) is -3.49. The molecule has 0 aliphatic heterocycles. The van der Waals surface area contributed by atoms with E-state index in [-0.39, 0.29) is 18.4 Å². The van der Waals surface area contributed by atoms with Gasteiger partial charge >= 0.3 is 0 Å². The van der Waals surface area contributed by atoms with Crippen molar-refractivity contribution in [1.29, 1.82) is 0 Å². The average molecular weight is 457 g/mol. The van der Waals surface area contributed by atoms with Gasteiger partial charge in [-0.2, -0.15) is 0 Å². The average Bonchev–Trinajstić information content (AvgIpc) is 2.76. The van der Waals surface area contributed by atoms with E-state index in [1.807, 2.05) is 37.3 Å². The lowest BCUT2D eigenvalue weighted by Gasteiger charge is -2.28. The molecule has 1 aliphatic rings. The van der Waals surface area contributed by atoms with Crippen LogP contribution in [0.25, 0.3) is 0 Å². The molecule has 0 heterocycles. The number of nitrogens with zero attached hydrogens (tertiary/aromatic N) is 1. The third-order valence-corrected chi connectivity index (χ3v) is 7.47. The summed E-state index contributed by atoms with van der Waals surface area (Å²) in [5.74, 6) is 0.715. The molecule has 0 unspecified atom stereocenters. The molecule has 32 heavy (non-hydrogen) atoms. The van der Waals surface area contributed by atoms with Gasteiger partial charge in [0.25, 0.3) is 5.91 Å². The first kappa shape index (κ1) is 24.3. The number of hydrogen-bond acceptors (Lipinski definition) is 3. The molecule has 0 radical (unpaired) electrons. The van der Waals surface area contributed by atoms with Crippen molar-refractivity contribution in [2.75, 3.05) is 17.1 Å². The first-order valence-electron chi connectivity index (χ1n) is 11.6. The van der Waals surface area contributed by atoms with E-state index in [4.69, 9.17) is 0 Å². The molecule has 0 bridgehead atoms. The van der Waals surface area contributed by atoms with Crippen molar-refractivity contribution >= 4 is 21.6 Å². The van der Waals surface area contributed by atoms with Crippen molar-refractivity contribution in [2.24, 2.45) is 5.92 Å². The van der Waals surface area contributed by atoms with Crippen molar-refractivity contribution in [3.8, 4) is 0 Å². The second-order valence-corrected chi connectivity index (χ2v) is 11.3. The highest BCUT2D eigenvalue weighted by Gasteiger charge is 2.24. The first-order valence-corrected chi connectivity index (χ1v) is 13.5. The van der Waals surface area contributed by atoms with Crippen LogP contribution in [0.15, 0.2) is 42.5 Å². The summed E-state index contributed by atoms with van der Waals surface area (Å²) in [6.07, 6.45) is 7.45. The second-order valence-electron chi connectivity index (χ2n) is 9.35. The van der Waals surface area contributed by atoms with Gasteiger partial charge in [-0.05, 0) is 60.4 Å². The summed E-state index contributed by atoms with van der Waals surface area (Å²) in [5.41, 5.74) is 4.14. The molecule has 0 spiro atoms. The molecule has 1 amide bonds. The number of hydrogen-bond donors (Lipinski definition) is 1. The highest BCUT2D eigenvalue weighted by Crippen LogP contribution is 2.33. The molecule has 1 N–H and O–H groups in total. The van der Waals surface area contributed by atoms with Crippen molar-refractivity contribution in [1.82, 2.24) is 5.32 Å². The summed E-state index contributed by atoms with van der Waals surface area (Å²) in [6.45, 7) is 7.04. The zero-order valence-electron chi connectivity index (χ0n) is 19.7. The third-order valence-electron chi connectivity index (χ3n) is 6.36. The lowest BCUT2D eigenvalue weighted by molar-refractivity contribution is 0.0943. The van der Waals surface area contributed by atoms with E-state index in [0.717, 1.165) is 28.9 Å². The molecular formula is C26H36N2O3S. The lowest BCUT2D eigenvalue weighted by Crippen LogP contribution is -2.31. The highest BCUT2D eigenvalue weighted by atomic mass is 32.2. The Kier molecular flexibility index (Phi) is 7.99. The van der Waals surface area contributed by atoms with Gasteiger partial charge in [0.15, 0.2) is 0 Å². The molecule has 174 valence electrons. The number of aryl methyl sites for hydroxylation is 1. The zero-order valence-corrected chi connectivity index (χ0v) is 20.5. The van der Waals surface area contributed by atoms with Crippen LogP contribution in [0.3, 0.4) is 0 Å². The van der Waals surface area contributed by atoms with Gasteiger partial charge in [-0.25, -0.2) is 8.42 Å². The van der Waals surface area contributed by atoms with Crippen molar-refractivity contribution in [3.63, 3.8) is 0 Å². The summed E-state index contributed by atoms with van der Waals surface area (Å²) in [4.78, 5) is 12.5. The Morgan fingerprint density at radius 1 is 1.06 bits per heavy atom. The number of anilines is 1. The van der Waals surface area contributed by atoms with Crippen LogP contribution in [0.4, 0.5) is 5.69 Å². The quantitative estimate of drug-likeness (QED) is 0.579. The minimum absolute atomic E-state index is 0.0666. The summed E-state index contributed by atoms with van der Waals surface area (Å²) in [6, 6.07) is 13.2. The molecule has 3 rings (SSSR count). The number of amides is 1. The van der Waals surface area contributed by atoms with Gasteiger partial charge < -0.3 is 5.32 Å². The zero-order chi connectivity index (χ0) is 23.3. The molecule has 0 atom stereocenters. The van der Waals surface area contributed by atoms with Crippen molar-refractivity contribution in [3.05, 3.63) is 64.7 Å². The second kappa shape index (κ2) is 10.5. The van der Waals surface area contributed by atoms with Crippen LogP contribution in [0.1, 0.15) is 78.9 Å². The smallest absolute Gasteiger partial charge is 0.251 e. The van der Waals surface area contributed by atoms with Crippen LogP contribution in [-0.2, 0) is 16.6 Å². The Morgan fingerprint density at radius 3 is 2.31 bits per heavy atom. The molecule has 1 aliphatic carbocycles. The Bertz CT molecular complexity index is 1020. The first-order chi connectivity index (χ1) is 15.2. The Balaban J connectivity index is 1.75. The van der Waals surface area contributed by atoms with E-state index >= 15 is 0 Å². The fourth-order valence-electron chi connectivity index (χ4n) is 4.51. The van der Waals surface area contributed by atoms with Crippen LogP contribution in [-0.4, -0.2) is 27.1 Å². The maximum Gasteiger partial charge on any atom is 0.251 e. The molecule has 5 nitrogen and oxygen atoms in total. The van der Waals surface area contributed by atoms with Gasteiger partial charge in [-0.15, -0.1) is 0 Å². The van der Waals surface area contributed by atoms with E-state index in [0.29, 0.717) is 11.5 Å². The molecule has 2 aromatic carbocycles. The summed E-state index contributed by atoms with van der Waals surface area (Å²) >= 11 is 0. The number of carbonyl (C=O) groups is 1. The normalized spacial score (nSPS) is 15.0. The van der Waals surface area contributed by atoms with Gasteiger partial charge in [-0.1, -0.05) is 63.4 Å². The van der Waals surface area contributed by atoms with E-state index in [9.17, 15) is 13.2 Å². The molecule has 0 saturated heterocycles. The fourth-order valence-corrected chi connectivity index (χ4v) is 5.47. The van der Waals surface area contributed by atoms with Crippen LogP contribution >= 0.6 is 0 Å². The Morgan fingerprint density at radius 2 is 1.72 bits per heavy atom. The SMILES string of the molecule is Cc1cccc(C(C)C)c1N(Cc1ccc(C(=O)NCC2CCCCC2)cc1)S(C)(=O)=O. The standard InChI is InChI=1S/C26H36N2O3S/c1-19(2)24-12-8-9-20(3)25(24)28(32(4,30)31)18-22-13-15-23(16-14-22)26(29)27-17-21-10-6-5-7-11-21/h8-9,12-16,19,21H,5-7,10-11,17-18H2,1-4H3,(H,27,29). The van der Waals surface area contributed by atoms with Gasteiger partial charge in [0.2, 0.25) is 10.0 Å². The predicted molar refractivity (Wildman–Crippen MR) is 132 cm³/mol. The van der Waals surface area contributed by atoms with Gasteiger partial charge in [0.1, 0.15) is 0 Å². The Hall–Kier alpha value is -2.34. The molecule has 2 aromatic rings. The van der Waals surface area contributed by atoms with Gasteiger partial charge in [-0.3, -0.25) is 9.10 Å². The molecule has 0 aromatic heterocycles. The highest BCUT2D eigenvalue weighted by molar-refractivity contribution is 7.92. The minimum atomic E-state index is -3.49. The fraction of sp³-hybridized carbons (Fsp3) is 0.500. The maximum absolute atomic E-state index is 12.7. The molecule has 1 fully saturated rings. The van der Waals surface area contributed by atoms with E-state index < -0.39 is 10.0 Å². The van der Waals surface area contributed by atoms with Crippen LogP contribution < -0.4 is 9.62 Å². The third kappa shape index (κ3) is 6.12. The van der Waals surface area contributed by atoms with Gasteiger partial charge in [0.05, 0.1) is 18.5 Å². The number of sulfonamides is 1. The largest absolute Gasteiger partial charge is 0.352 e. The minimum Gasteiger partial charge on any atom is -0.352 e. The molecule has 1 saturated carbocycles. The molecular weight excluding hydrogens is 420 g/mol. The maximum atomic E-state index is 12.7. The van der Waals surface area contributed by atoms with Crippen molar-refractivity contribution < 1.29 is 13.2 Å². The van der Waals surface area contributed by atoms with Crippen LogP contribution in [0.5, 0.6) is 0 Å². The molecule has 6 heteroatoms. The van der Waals surface area contributed by atoms with E-state index in [1.54, 1.807) is 12.1 Å². The predicted octanol–water partition coefficient (Wildman–Crippen LogP) is 5.39. The number of nitrogens with one attached hydrogen (secondary N) is 1. The number of rotatable bonds is 8. The lowest BCUT2D eigenvalue weighted by atomic mass is 9.89. The number of carbonyl (C=O) groups excluding carboxylic acids is 1. The topological polar surface area (TPSA) is 66.5 Å². The van der Waals surface area contributed by atoms with E-state index in [1.165, 1.54) is 42.7 Å². The summed E-state index contributed by atoms with van der Waals surface area (Å²) < 4.78 is 27.0. The summed E-state index contributed by atoms with van der Waals surface area (Å²) in [5, 5.41) is 3.06. The number of benzene rings is 2. The monoisotopic (exact) mass is 456 g/mol. The van der Waals surface area contributed by atoms with Gasteiger partial charge in [0, 0.05) is 12.1 Å². The van der Waals surface area contributed by atoms with Crippen LogP contribution in [0.2, 0.25) is 0 Å². The van der Waals surface area contributed by atoms with Crippen molar-refractivity contribution in [2.45, 2.75) is 65.3 Å². The Labute approximate surface area is 193 Å².